The van der Waals surface area contributed by atoms with Gasteiger partial charge in [-0.15, -0.1) is 0 Å². The molecule has 16 heavy (non-hydrogen) atoms. The molecule has 0 fully saturated rings. The highest BCUT2D eigenvalue weighted by Gasteiger charge is 2.26. The lowest BCUT2D eigenvalue weighted by atomic mass is 9.84. The van der Waals surface area contributed by atoms with Crippen molar-refractivity contribution < 1.29 is 9.84 Å². The van der Waals surface area contributed by atoms with Crippen molar-refractivity contribution in [2.45, 2.75) is 46.3 Å². The van der Waals surface area contributed by atoms with Crippen molar-refractivity contribution in [3.63, 3.8) is 0 Å². The lowest BCUT2D eigenvalue weighted by Crippen LogP contribution is -2.17. The zero-order chi connectivity index (χ0) is 11.9. The van der Waals surface area contributed by atoms with Crippen LogP contribution in [0.3, 0.4) is 0 Å². The summed E-state index contributed by atoms with van der Waals surface area (Å²) in [5.74, 6) is 0.970. The largest absolute Gasteiger partial charge is 0.490 e. The molecule has 0 aliphatic carbocycles. The van der Waals surface area contributed by atoms with E-state index >= 15 is 0 Å². The van der Waals surface area contributed by atoms with Gasteiger partial charge in [0.05, 0.1) is 6.10 Å². The smallest absolute Gasteiger partial charge is 0.123 e. The van der Waals surface area contributed by atoms with Gasteiger partial charge < -0.3 is 9.84 Å². The van der Waals surface area contributed by atoms with E-state index in [1.54, 1.807) is 0 Å². The number of ether oxygens (including phenoxy) is 1. The Morgan fingerprint density at radius 3 is 2.69 bits per heavy atom. The van der Waals surface area contributed by atoms with Crippen LogP contribution in [0, 0.1) is 5.41 Å². The van der Waals surface area contributed by atoms with Gasteiger partial charge in [-0.1, -0.05) is 26.8 Å². The predicted molar refractivity (Wildman–Crippen MR) is 64.7 cm³/mol. The summed E-state index contributed by atoms with van der Waals surface area (Å²) in [6, 6.07) is 6.02. The molecule has 1 N–H and O–H groups in total. The van der Waals surface area contributed by atoms with E-state index in [4.69, 9.17) is 4.74 Å². The van der Waals surface area contributed by atoms with Crippen LogP contribution in [0.4, 0.5) is 0 Å². The maximum atomic E-state index is 10.2. The van der Waals surface area contributed by atoms with Gasteiger partial charge >= 0.3 is 0 Å². The number of hydrogen-bond acceptors (Lipinski definition) is 2. The molecule has 0 amide bonds. The second-order valence-electron chi connectivity index (χ2n) is 5.77. The van der Waals surface area contributed by atoms with Gasteiger partial charge in [0.2, 0.25) is 0 Å². The summed E-state index contributed by atoms with van der Waals surface area (Å²) in [6.07, 6.45) is 0.783. The summed E-state index contributed by atoms with van der Waals surface area (Å²) < 4.78 is 5.65. The van der Waals surface area contributed by atoms with Gasteiger partial charge in [-0.25, -0.2) is 0 Å². The molecule has 0 spiro atoms. The van der Waals surface area contributed by atoms with Crippen molar-refractivity contribution in [1.82, 2.24) is 0 Å². The zero-order valence-electron chi connectivity index (χ0n) is 10.4. The zero-order valence-corrected chi connectivity index (χ0v) is 10.4. The Balaban J connectivity index is 2.29. The molecule has 2 rings (SSSR count). The average molecular weight is 220 g/mol. The second-order valence-corrected chi connectivity index (χ2v) is 5.77. The number of benzene rings is 1. The molecule has 0 saturated carbocycles. The molecule has 2 nitrogen and oxygen atoms in total. The van der Waals surface area contributed by atoms with Crippen LogP contribution in [0.1, 0.15) is 44.9 Å². The summed E-state index contributed by atoms with van der Waals surface area (Å²) in [6.45, 7) is 8.21. The molecule has 1 heterocycles. The van der Waals surface area contributed by atoms with Crippen LogP contribution in [0.2, 0.25) is 0 Å². The Kier molecular flexibility index (Phi) is 2.70. The Morgan fingerprint density at radius 1 is 1.38 bits per heavy atom. The van der Waals surface area contributed by atoms with Gasteiger partial charge in [-0.3, -0.25) is 0 Å². The number of aliphatic hydroxyl groups excluding tert-OH is 1. The van der Waals surface area contributed by atoms with Crippen molar-refractivity contribution in [2.75, 3.05) is 0 Å². The average Bonchev–Trinajstić information content (AvgIpc) is 2.54. The minimum atomic E-state index is -0.422. The van der Waals surface area contributed by atoms with Crippen molar-refractivity contribution in [2.24, 2.45) is 5.41 Å². The van der Waals surface area contributed by atoms with Crippen LogP contribution < -0.4 is 4.74 Å². The topological polar surface area (TPSA) is 29.5 Å². The monoisotopic (exact) mass is 220 g/mol. The minimum absolute atomic E-state index is 0.126. The summed E-state index contributed by atoms with van der Waals surface area (Å²) in [7, 11) is 0. The first kappa shape index (κ1) is 11.5. The number of fused-ring (bicyclic) bond motifs is 1. The lowest BCUT2D eigenvalue weighted by Gasteiger charge is -2.26. The first-order valence-corrected chi connectivity index (χ1v) is 5.85. The molecule has 2 heteroatoms. The maximum absolute atomic E-state index is 10.2. The van der Waals surface area contributed by atoms with Gasteiger partial charge in [0.15, 0.2) is 0 Å². The fourth-order valence-corrected chi connectivity index (χ4v) is 2.11. The summed E-state index contributed by atoms with van der Waals surface area (Å²) >= 11 is 0. The summed E-state index contributed by atoms with van der Waals surface area (Å²) in [5.41, 5.74) is 2.08. The van der Waals surface area contributed by atoms with E-state index in [2.05, 4.69) is 13.0 Å². The van der Waals surface area contributed by atoms with E-state index in [1.807, 2.05) is 32.9 Å². The maximum Gasteiger partial charge on any atom is 0.123 e. The van der Waals surface area contributed by atoms with Crippen molar-refractivity contribution in [1.29, 1.82) is 0 Å². The van der Waals surface area contributed by atoms with Crippen LogP contribution in [0.25, 0.3) is 0 Å². The Hall–Kier alpha value is -1.02. The standard InChI is InChI=1S/C14H20O2/c1-9-7-11-8-10(5-6-12(11)16-9)13(15)14(2,3)4/h5-6,8-9,13,15H,7H2,1-4H3. The molecular weight excluding hydrogens is 200 g/mol. The molecule has 0 aromatic heterocycles. The van der Waals surface area contributed by atoms with E-state index in [9.17, 15) is 5.11 Å². The van der Waals surface area contributed by atoms with Crippen LogP contribution in [-0.4, -0.2) is 11.2 Å². The third-order valence-corrected chi connectivity index (χ3v) is 3.06. The van der Waals surface area contributed by atoms with E-state index in [0.29, 0.717) is 0 Å². The molecule has 1 aromatic rings. The van der Waals surface area contributed by atoms with E-state index < -0.39 is 6.10 Å². The Morgan fingerprint density at radius 2 is 2.06 bits per heavy atom. The highest BCUT2D eigenvalue weighted by atomic mass is 16.5. The molecule has 0 saturated heterocycles. The fraction of sp³-hybridized carbons (Fsp3) is 0.571. The molecule has 2 unspecified atom stereocenters. The molecule has 1 aliphatic heterocycles. The van der Waals surface area contributed by atoms with Crippen LogP contribution >= 0.6 is 0 Å². The van der Waals surface area contributed by atoms with Crippen molar-refractivity contribution in [3.05, 3.63) is 29.3 Å². The summed E-state index contributed by atoms with van der Waals surface area (Å²) in [4.78, 5) is 0. The predicted octanol–water partition coefficient (Wildman–Crippen LogP) is 3.09. The van der Waals surface area contributed by atoms with Gasteiger partial charge in [-0.05, 0) is 35.6 Å². The number of aliphatic hydroxyl groups is 1. The van der Waals surface area contributed by atoms with E-state index in [-0.39, 0.29) is 11.5 Å². The van der Waals surface area contributed by atoms with Gasteiger partial charge in [-0.2, -0.15) is 0 Å². The third-order valence-electron chi connectivity index (χ3n) is 3.06. The van der Waals surface area contributed by atoms with Gasteiger partial charge in [0, 0.05) is 6.42 Å². The molecule has 0 bridgehead atoms. The molecule has 0 radical (unpaired) electrons. The lowest BCUT2D eigenvalue weighted by molar-refractivity contribution is 0.0626. The highest BCUT2D eigenvalue weighted by molar-refractivity contribution is 5.41. The number of rotatable bonds is 1. The first-order chi connectivity index (χ1) is 7.38. The Labute approximate surface area is 97.3 Å². The Bertz CT molecular complexity index is 390. The molecule has 1 aliphatic rings. The van der Waals surface area contributed by atoms with Crippen molar-refractivity contribution in [3.8, 4) is 5.75 Å². The van der Waals surface area contributed by atoms with E-state index in [0.717, 1.165) is 17.7 Å². The SMILES string of the molecule is CC1Cc2cc(C(O)C(C)(C)C)ccc2O1. The highest BCUT2D eigenvalue weighted by Crippen LogP contribution is 2.36. The van der Waals surface area contributed by atoms with Crippen molar-refractivity contribution >= 4 is 0 Å². The molecule has 88 valence electrons. The quantitative estimate of drug-likeness (QED) is 0.788. The fourth-order valence-electron chi connectivity index (χ4n) is 2.11. The minimum Gasteiger partial charge on any atom is -0.490 e. The molecule has 1 aromatic carbocycles. The molecular formula is C14H20O2. The normalized spacial score (nSPS) is 21.4. The van der Waals surface area contributed by atoms with Gasteiger partial charge in [0.25, 0.3) is 0 Å². The summed E-state index contributed by atoms with van der Waals surface area (Å²) in [5, 5.41) is 10.2. The first-order valence-electron chi connectivity index (χ1n) is 5.85. The third kappa shape index (κ3) is 2.07. The van der Waals surface area contributed by atoms with Crippen LogP contribution in [0.15, 0.2) is 18.2 Å². The van der Waals surface area contributed by atoms with Gasteiger partial charge in [0.1, 0.15) is 11.9 Å². The number of hydrogen-bond donors (Lipinski definition) is 1. The molecule has 2 atom stereocenters. The second kappa shape index (κ2) is 3.77. The van der Waals surface area contributed by atoms with Crippen LogP contribution in [0.5, 0.6) is 5.75 Å². The van der Waals surface area contributed by atoms with Crippen LogP contribution in [-0.2, 0) is 6.42 Å². The van der Waals surface area contributed by atoms with E-state index in [1.165, 1.54) is 5.56 Å².